The van der Waals surface area contributed by atoms with Crippen molar-refractivity contribution >= 4 is 43.6 Å². The molecule has 4 aromatic heterocycles. The smallest absolute Gasteiger partial charge is 0.139 e. The molecule has 0 aliphatic rings. The van der Waals surface area contributed by atoms with E-state index in [1.54, 1.807) is 0 Å². The van der Waals surface area contributed by atoms with E-state index in [4.69, 9.17) is 9.72 Å². The van der Waals surface area contributed by atoms with Gasteiger partial charge in [-0.25, -0.2) is 9.67 Å². The first kappa shape index (κ1) is 31.7. The molecular formula is C45H40N6O. The van der Waals surface area contributed by atoms with Gasteiger partial charge < -0.3 is 9.30 Å². The van der Waals surface area contributed by atoms with Crippen molar-refractivity contribution in [2.45, 2.75) is 55.4 Å². The van der Waals surface area contributed by atoms with Crippen molar-refractivity contribution in [1.29, 1.82) is 0 Å². The number of aryl methyl sites for hydroxylation is 7. The molecule has 7 nitrogen and oxygen atoms in total. The molecule has 5 aromatic carbocycles. The Balaban J connectivity index is 1.23. The van der Waals surface area contributed by atoms with Gasteiger partial charge in [0.1, 0.15) is 17.3 Å². The molecular weight excluding hydrogens is 641 g/mol. The van der Waals surface area contributed by atoms with E-state index in [0.717, 1.165) is 62.1 Å². The fourth-order valence-electron chi connectivity index (χ4n) is 8.08. The Morgan fingerprint density at radius 3 is 1.88 bits per heavy atom. The first-order valence-corrected chi connectivity index (χ1v) is 17.8. The Bertz CT molecular complexity index is 2860. The summed E-state index contributed by atoms with van der Waals surface area (Å²) >= 11 is 0. The number of hydrogen-bond acceptors (Lipinski definition) is 4. The molecule has 0 atom stereocenters. The highest BCUT2D eigenvalue weighted by Crippen LogP contribution is 2.39. The second-order valence-electron chi connectivity index (χ2n) is 14.5. The van der Waals surface area contributed by atoms with E-state index in [2.05, 4.69) is 146 Å². The van der Waals surface area contributed by atoms with Crippen molar-refractivity contribution in [2.75, 3.05) is 0 Å². The predicted octanol–water partition coefficient (Wildman–Crippen LogP) is 11.1. The van der Waals surface area contributed by atoms with Gasteiger partial charge in [-0.15, -0.1) is 5.10 Å². The SMILES string of the molecule is Cc1cc(Oc2ccc3c4cc(C)ccc4n(-c4cc(-n5c6c(C)cc(C)cc6c6cc(C)cc(C)c65)ccn4)c3c2)cc(-n2nnc(C)c2C)c1. The van der Waals surface area contributed by atoms with Gasteiger partial charge in [-0.2, -0.15) is 0 Å². The van der Waals surface area contributed by atoms with Crippen LogP contribution in [0.4, 0.5) is 0 Å². The van der Waals surface area contributed by atoms with E-state index in [1.807, 2.05) is 30.8 Å². The van der Waals surface area contributed by atoms with E-state index in [0.29, 0.717) is 0 Å². The van der Waals surface area contributed by atoms with E-state index in [-0.39, 0.29) is 0 Å². The van der Waals surface area contributed by atoms with Gasteiger partial charge in [-0.05, 0) is 127 Å². The number of rotatable bonds is 5. The summed E-state index contributed by atoms with van der Waals surface area (Å²) < 4.78 is 13.2. The minimum absolute atomic E-state index is 0.739. The maximum absolute atomic E-state index is 6.61. The maximum Gasteiger partial charge on any atom is 0.139 e. The third-order valence-electron chi connectivity index (χ3n) is 10.4. The Kier molecular flexibility index (Phi) is 7.12. The second-order valence-corrected chi connectivity index (χ2v) is 14.5. The van der Waals surface area contributed by atoms with E-state index >= 15 is 0 Å². The molecule has 0 N–H and O–H groups in total. The highest BCUT2D eigenvalue weighted by molar-refractivity contribution is 6.12. The van der Waals surface area contributed by atoms with Crippen molar-refractivity contribution in [3.63, 3.8) is 0 Å². The zero-order valence-electron chi connectivity index (χ0n) is 30.8. The number of aromatic nitrogens is 6. The zero-order valence-corrected chi connectivity index (χ0v) is 30.8. The molecule has 0 saturated carbocycles. The topological polar surface area (TPSA) is 62.7 Å². The fourth-order valence-corrected chi connectivity index (χ4v) is 8.08. The maximum atomic E-state index is 6.61. The average Bonchev–Trinajstić information content (AvgIpc) is 3.73. The lowest BCUT2D eigenvalue weighted by molar-refractivity contribution is 0.482. The zero-order chi connectivity index (χ0) is 36.0. The second kappa shape index (κ2) is 11.7. The lowest BCUT2D eigenvalue weighted by Gasteiger charge is -2.14. The molecule has 0 fully saturated rings. The third kappa shape index (κ3) is 4.99. The van der Waals surface area contributed by atoms with Crippen molar-refractivity contribution in [2.24, 2.45) is 0 Å². The molecule has 0 amide bonds. The summed E-state index contributed by atoms with van der Waals surface area (Å²) in [5.41, 5.74) is 15.8. The number of nitrogens with zero attached hydrogens (tertiary/aromatic N) is 6. The minimum Gasteiger partial charge on any atom is -0.457 e. The van der Waals surface area contributed by atoms with Crippen LogP contribution in [0.3, 0.4) is 0 Å². The average molecular weight is 681 g/mol. The van der Waals surface area contributed by atoms with Crippen molar-refractivity contribution in [3.8, 4) is 28.7 Å². The van der Waals surface area contributed by atoms with Gasteiger partial charge in [0, 0.05) is 45.9 Å². The molecule has 0 aliphatic carbocycles. The fraction of sp³-hybridized carbons (Fsp3) is 0.178. The van der Waals surface area contributed by atoms with E-state index in [9.17, 15) is 0 Å². The summed E-state index contributed by atoms with van der Waals surface area (Å²) in [6.45, 7) is 17.0. The Morgan fingerprint density at radius 1 is 0.500 bits per heavy atom. The molecule has 4 heterocycles. The number of ether oxygens (including phenoxy) is 1. The Labute approximate surface area is 302 Å². The van der Waals surface area contributed by atoms with Crippen LogP contribution in [0.2, 0.25) is 0 Å². The number of pyridine rings is 1. The summed E-state index contributed by atoms with van der Waals surface area (Å²) in [4.78, 5) is 5.02. The van der Waals surface area contributed by atoms with Crippen LogP contribution in [0.5, 0.6) is 11.5 Å². The van der Waals surface area contributed by atoms with Gasteiger partial charge in [0.05, 0.1) is 44.8 Å². The predicted molar refractivity (Wildman–Crippen MR) is 212 cm³/mol. The Morgan fingerprint density at radius 2 is 1.19 bits per heavy atom. The summed E-state index contributed by atoms with van der Waals surface area (Å²) in [5, 5.41) is 13.5. The number of fused-ring (bicyclic) bond motifs is 6. The summed E-state index contributed by atoms with van der Waals surface area (Å²) in [7, 11) is 0. The van der Waals surface area contributed by atoms with Crippen LogP contribution in [0.1, 0.15) is 44.8 Å². The molecule has 256 valence electrons. The molecule has 0 saturated heterocycles. The molecule has 0 aliphatic heterocycles. The van der Waals surface area contributed by atoms with Crippen LogP contribution in [0.15, 0.2) is 97.2 Å². The van der Waals surface area contributed by atoms with Gasteiger partial charge in [-0.1, -0.05) is 40.1 Å². The quantitative estimate of drug-likeness (QED) is 0.181. The lowest BCUT2D eigenvalue weighted by atomic mass is 10.0. The molecule has 9 aromatic rings. The van der Waals surface area contributed by atoms with Crippen molar-refractivity contribution in [3.05, 3.63) is 142 Å². The molecule has 7 heteroatoms. The minimum atomic E-state index is 0.739. The van der Waals surface area contributed by atoms with Crippen LogP contribution in [-0.2, 0) is 0 Å². The van der Waals surface area contributed by atoms with Crippen LogP contribution in [0, 0.1) is 55.4 Å². The highest BCUT2D eigenvalue weighted by atomic mass is 16.5. The lowest BCUT2D eigenvalue weighted by Crippen LogP contribution is -2.02. The molecule has 0 bridgehead atoms. The van der Waals surface area contributed by atoms with Crippen LogP contribution >= 0.6 is 0 Å². The van der Waals surface area contributed by atoms with E-state index in [1.165, 1.54) is 55.0 Å². The van der Waals surface area contributed by atoms with Gasteiger partial charge >= 0.3 is 0 Å². The highest BCUT2D eigenvalue weighted by Gasteiger charge is 2.20. The molecule has 0 spiro atoms. The molecule has 0 radical (unpaired) electrons. The molecule has 9 rings (SSSR count). The largest absolute Gasteiger partial charge is 0.457 e. The van der Waals surface area contributed by atoms with Crippen LogP contribution < -0.4 is 4.74 Å². The first-order chi connectivity index (χ1) is 25.0. The Hall–Kier alpha value is -6.21. The monoisotopic (exact) mass is 680 g/mol. The van der Waals surface area contributed by atoms with Gasteiger partial charge in [0.15, 0.2) is 0 Å². The third-order valence-corrected chi connectivity index (χ3v) is 10.4. The van der Waals surface area contributed by atoms with Crippen molar-refractivity contribution in [1.82, 2.24) is 29.1 Å². The van der Waals surface area contributed by atoms with Gasteiger partial charge in [-0.3, -0.25) is 4.57 Å². The standard InChI is InChI=1S/C45H40N6O/c1-25-9-12-41-38(19-25)37-11-10-35(52-36-18-28(4)17-34(22-36)51-32(8)31(7)47-48-51)24-42(37)50(41)43-23-33(13-14-46-43)49-44-29(5)15-26(2)20-39(44)40-21-27(3)16-30(6)45(40)49/h9-24H,1-8H3. The van der Waals surface area contributed by atoms with Crippen LogP contribution in [-0.4, -0.2) is 29.1 Å². The first-order valence-electron chi connectivity index (χ1n) is 17.8. The molecule has 52 heavy (non-hydrogen) atoms. The molecule has 0 unspecified atom stereocenters. The van der Waals surface area contributed by atoms with Gasteiger partial charge in [0.2, 0.25) is 0 Å². The normalized spacial score (nSPS) is 11.8. The van der Waals surface area contributed by atoms with Crippen LogP contribution in [0.25, 0.3) is 60.8 Å². The van der Waals surface area contributed by atoms with Gasteiger partial charge in [0.25, 0.3) is 0 Å². The van der Waals surface area contributed by atoms with E-state index < -0.39 is 0 Å². The van der Waals surface area contributed by atoms with Crippen molar-refractivity contribution < 1.29 is 4.74 Å². The summed E-state index contributed by atoms with van der Waals surface area (Å²) in [6.07, 6.45) is 1.93. The summed E-state index contributed by atoms with van der Waals surface area (Å²) in [6, 6.07) is 32.7. The number of benzene rings is 5. The summed E-state index contributed by atoms with van der Waals surface area (Å²) in [5.74, 6) is 2.33. The number of hydrogen-bond donors (Lipinski definition) is 0.